The second-order valence-corrected chi connectivity index (χ2v) is 3.18. The monoisotopic (exact) mass is 186 g/mol. The maximum Gasteiger partial charge on any atom is 0.317 e. The second kappa shape index (κ2) is 5.40. The first-order valence-electron chi connectivity index (χ1n) is 4.28. The number of hydrogen-bond acceptors (Lipinski definition) is 2. The summed E-state index contributed by atoms with van der Waals surface area (Å²) in [5, 5.41) is 9.86. The van der Waals surface area contributed by atoms with Crippen molar-refractivity contribution < 1.29 is 4.79 Å². The van der Waals surface area contributed by atoms with Crippen LogP contribution in [-0.2, 0) is 0 Å². The van der Waals surface area contributed by atoms with Crippen LogP contribution in [0.25, 0.3) is 0 Å². The van der Waals surface area contributed by atoms with Gasteiger partial charge in [-0.2, -0.15) is 0 Å². The summed E-state index contributed by atoms with van der Waals surface area (Å²) in [5.74, 6) is 0.103. The summed E-state index contributed by atoms with van der Waals surface area (Å²) in [6.45, 7) is 1.95. The highest BCUT2D eigenvalue weighted by Gasteiger charge is 2.11. The summed E-state index contributed by atoms with van der Waals surface area (Å²) in [4.78, 5) is 12.7. The molecule has 76 valence electrons. The molecule has 0 fully saturated rings. The maximum atomic E-state index is 11.2. The molecule has 0 spiro atoms. The first-order chi connectivity index (χ1) is 5.97. The predicted molar refractivity (Wildman–Crippen MR) is 52.8 cm³/mol. The zero-order valence-corrected chi connectivity index (χ0v) is 8.42. The van der Waals surface area contributed by atoms with Gasteiger partial charge in [-0.05, 0) is 6.42 Å². The maximum absolute atomic E-state index is 11.2. The van der Waals surface area contributed by atoms with E-state index in [1.807, 2.05) is 6.92 Å². The quantitative estimate of drug-likeness (QED) is 0.437. The number of carbonyl (C=O) groups is 1. The SMILES string of the molecule is CCC(CC(=N)N)NC(=O)N(C)C. The first-order valence-corrected chi connectivity index (χ1v) is 4.28. The van der Waals surface area contributed by atoms with E-state index < -0.39 is 0 Å². The van der Waals surface area contributed by atoms with E-state index in [0.717, 1.165) is 6.42 Å². The standard InChI is InChI=1S/C8H18N4O/c1-4-6(5-7(9)10)11-8(13)12(2)3/h6H,4-5H2,1-3H3,(H3,9,10)(H,11,13). The van der Waals surface area contributed by atoms with E-state index in [4.69, 9.17) is 11.1 Å². The fourth-order valence-corrected chi connectivity index (χ4v) is 0.867. The van der Waals surface area contributed by atoms with Gasteiger partial charge in [-0.15, -0.1) is 0 Å². The van der Waals surface area contributed by atoms with E-state index >= 15 is 0 Å². The molecule has 0 heterocycles. The van der Waals surface area contributed by atoms with Gasteiger partial charge in [0.15, 0.2) is 0 Å². The van der Waals surface area contributed by atoms with Crippen LogP contribution in [0.5, 0.6) is 0 Å². The molecule has 0 aromatic rings. The van der Waals surface area contributed by atoms with E-state index in [-0.39, 0.29) is 17.9 Å². The van der Waals surface area contributed by atoms with Crippen molar-refractivity contribution in [3.63, 3.8) is 0 Å². The second-order valence-electron chi connectivity index (χ2n) is 3.18. The highest BCUT2D eigenvalue weighted by atomic mass is 16.2. The van der Waals surface area contributed by atoms with Crippen molar-refractivity contribution >= 4 is 11.9 Å². The Morgan fingerprint density at radius 2 is 2.15 bits per heavy atom. The Bertz CT molecular complexity index is 191. The molecule has 13 heavy (non-hydrogen) atoms. The summed E-state index contributed by atoms with van der Waals surface area (Å²) < 4.78 is 0. The molecule has 0 saturated heterocycles. The van der Waals surface area contributed by atoms with Crippen molar-refractivity contribution in [1.82, 2.24) is 10.2 Å². The van der Waals surface area contributed by atoms with Crippen LogP contribution in [0.1, 0.15) is 19.8 Å². The Kier molecular flexibility index (Phi) is 4.87. The fraction of sp³-hybridized carbons (Fsp3) is 0.750. The highest BCUT2D eigenvalue weighted by molar-refractivity contribution is 5.79. The molecule has 0 aliphatic rings. The molecule has 2 amide bonds. The van der Waals surface area contributed by atoms with Crippen LogP contribution in [-0.4, -0.2) is 36.9 Å². The smallest absolute Gasteiger partial charge is 0.317 e. The number of amides is 2. The van der Waals surface area contributed by atoms with Crippen LogP contribution < -0.4 is 11.1 Å². The lowest BCUT2D eigenvalue weighted by molar-refractivity contribution is 0.213. The van der Waals surface area contributed by atoms with Crippen LogP contribution in [0.2, 0.25) is 0 Å². The number of nitrogens with one attached hydrogen (secondary N) is 2. The minimum atomic E-state index is -0.145. The minimum absolute atomic E-state index is 0.0348. The van der Waals surface area contributed by atoms with Gasteiger partial charge >= 0.3 is 6.03 Å². The van der Waals surface area contributed by atoms with Gasteiger partial charge in [0, 0.05) is 26.6 Å². The van der Waals surface area contributed by atoms with E-state index in [9.17, 15) is 4.79 Å². The predicted octanol–water partition coefficient (Wildman–Crippen LogP) is 0.362. The van der Waals surface area contributed by atoms with Crippen molar-refractivity contribution in [2.24, 2.45) is 5.73 Å². The van der Waals surface area contributed by atoms with Gasteiger partial charge < -0.3 is 16.0 Å². The number of rotatable bonds is 4. The Balaban J connectivity index is 3.97. The van der Waals surface area contributed by atoms with E-state index in [0.29, 0.717) is 6.42 Å². The Morgan fingerprint density at radius 1 is 1.62 bits per heavy atom. The molecule has 0 rings (SSSR count). The van der Waals surface area contributed by atoms with Gasteiger partial charge in [0.2, 0.25) is 0 Å². The molecule has 4 N–H and O–H groups in total. The highest BCUT2D eigenvalue weighted by Crippen LogP contribution is 1.97. The molecule has 0 aliphatic carbocycles. The lowest BCUT2D eigenvalue weighted by Gasteiger charge is -2.19. The Labute approximate surface area is 78.8 Å². The minimum Gasteiger partial charge on any atom is -0.388 e. The average Bonchev–Trinajstić information content (AvgIpc) is 2.02. The zero-order valence-electron chi connectivity index (χ0n) is 8.42. The van der Waals surface area contributed by atoms with Gasteiger partial charge in [0.05, 0.1) is 5.84 Å². The average molecular weight is 186 g/mol. The lowest BCUT2D eigenvalue weighted by Crippen LogP contribution is -2.42. The normalized spacial score (nSPS) is 11.9. The summed E-state index contributed by atoms with van der Waals surface area (Å²) >= 11 is 0. The summed E-state index contributed by atoms with van der Waals surface area (Å²) in [6, 6.07) is -0.180. The molecule has 0 aromatic heterocycles. The van der Waals surface area contributed by atoms with Gasteiger partial charge in [-0.1, -0.05) is 6.92 Å². The van der Waals surface area contributed by atoms with Crippen molar-refractivity contribution in [3.8, 4) is 0 Å². The molecule has 1 atom stereocenters. The summed E-state index contributed by atoms with van der Waals surface area (Å²) in [6.07, 6.45) is 1.19. The summed E-state index contributed by atoms with van der Waals surface area (Å²) in [7, 11) is 3.35. The van der Waals surface area contributed by atoms with Crippen LogP contribution in [0.15, 0.2) is 0 Å². The number of carbonyl (C=O) groups excluding carboxylic acids is 1. The number of amidine groups is 1. The van der Waals surface area contributed by atoms with E-state index in [1.54, 1.807) is 14.1 Å². The first kappa shape index (κ1) is 11.7. The Morgan fingerprint density at radius 3 is 2.46 bits per heavy atom. The molecule has 0 aliphatic heterocycles. The van der Waals surface area contributed by atoms with Crippen molar-refractivity contribution in [3.05, 3.63) is 0 Å². The molecular weight excluding hydrogens is 168 g/mol. The lowest BCUT2D eigenvalue weighted by atomic mass is 10.1. The molecule has 5 heteroatoms. The van der Waals surface area contributed by atoms with Crippen LogP contribution in [0.4, 0.5) is 4.79 Å². The molecule has 5 nitrogen and oxygen atoms in total. The molecular formula is C8H18N4O. The zero-order chi connectivity index (χ0) is 10.4. The number of hydrogen-bond donors (Lipinski definition) is 3. The van der Waals surface area contributed by atoms with Crippen molar-refractivity contribution in [2.45, 2.75) is 25.8 Å². The third kappa shape index (κ3) is 5.05. The van der Waals surface area contributed by atoms with Gasteiger partial charge in [0.1, 0.15) is 0 Å². The van der Waals surface area contributed by atoms with Gasteiger partial charge in [-0.3, -0.25) is 5.41 Å². The fourth-order valence-electron chi connectivity index (χ4n) is 0.867. The topological polar surface area (TPSA) is 82.2 Å². The molecule has 0 saturated carbocycles. The van der Waals surface area contributed by atoms with Crippen LogP contribution in [0, 0.1) is 5.41 Å². The third-order valence-corrected chi connectivity index (χ3v) is 1.69. The van der Waals surface area contributed by atoms with E-state index in [1.165, 1.54) is 4.90 Å². The van der Waals surface area contributed by atoms with Gasteiger partial charge in [-0.25, -0.2) is 4.79 Å². The van der Waals surface area contributed by atoms with Crippen LogP contribution in [0.3, 0.4) is 0 Å². The number of nitrogens with zero attached hydrogens (tertiary/aromatic N) is 1. The van der Waals surface area contributed by atoms with E-state index in [2.05, 4.69) is 5.32 Å². The molecule has 0 bridgehead atoms. The van der Waals surface area contributed by atoms with Crippen LogP contribution >= 0.6 is 0 Å². The third-order valence-electron chi connectivity index (χ3n) is 1.69. The molecule has 0 radical (unpaired) electrons. The Hall–Kier alpha value is -1.26. The number of nitrogens with two attached hydrogens (primary N) is 1. The molecule has 1 unspecified atom stereocenters. The number of urea groups is 1. The van der Waals surface area contributed by atoms with Crippen molar-refractivity contribution in [1.29, 1.82) is 5.41 Å². The summed E-state index contributed by atoms with van der Waals surface area (Å²) in [5.41, 5.74) is 5.24. The van der Waals surface area contributed by atoms with Crippen molar-refractivity contribution in [2.75, 3.05) is 14.1 Å². The van der Waals surface area contributed by atoms with Gasteiger partial charge in [0.25, 0.3) is 0 Å². The largest absolute Gasteiger partial charge is 0.388 e. The molecule has 0 aromatic carbocycles.